The highest BCUT2D eigenvalue weighted by Crippen LogP contribution is 2.59. The van der Waals surface area contributed by atoms with Crippen molar-refractivity contribution < 1.29 is 9.47 Å². The van der Waals surface area contributed by atoms with Crippen molar-refractivity contribution in [1.82, 2.24) is 4.57 Å². The smallest absolute Gasteiger partial charge is 0.152 e. The minimum Gasteiger partial charge on any atom is -0.457 e. The third-order valence-corrected chi connectivity index (χ3v) is 13.6. The van der Waals surface area contributed by atoms with Gasteiger partial charge in [0, 0.05) is 27.8 Å². The fourth-order valence-corrected chi connectivity index (χ4v) is 10.6. The van der Waals surface area contributed by atoms with Crippen LogP contribution in [0.2, 0.25) is 0 Å². The molecule has 1 aromatic heterocycles. The predicted octanol–water partition coefficient (Wildman–Crippen LogP) is 16.5. The molecule has 3 heterocycles. The number of fused-ring (bicyclic) bond motifs is 10. The Balaban J connectivity index is 0.948. The first-order valence-electron chi connectivity index (χ1n) is 22.0. The molecule has 0 radical (unpaired) electrons. The van der Waals surface area contributed by atoms with Crippen LogP contribution in [0.15, 0.2) is 218 Å². The van der Waals surface area contributed by atoms with Crippen LogP contribution in [0.5, 0.6) is 23.0 Å². The normalized spacial score (nSPS) is 13.7. The maximum atomic E-state index is 6.94. The average molecular weight is 816 g/mol. The fraction of sp³-hybridized carbons (Fsp3) is 0.0164. The first-order chi connectivity index (χ1) is 31.7. The Kier molecular flexibility index (Phi) is 7.46. The van der Waals surface area contributed by atoms with Gasteiger partial charge in [-0.25, -0.2) is 0 Å². The summed E-state index contributed by atoms with van der Waals surface area (Å²) >= 11 is 0. The first-order valence-corrected chi connectivity index (χ1v) is 22.0. The zero-order valence-corrected chi connectivity index (χ0v) is 34.6. The molecule has 0 N–H and O–H groups in total. The van der Waals surface area contributed by atoms with Gasteiger partial charge in [-0.15, -0.1) is 0 Å². The molecule has 298 valence electrons. The maximum absolute atomic E-state index is 6.94. The molecular weight excluding hydrogens is 779 g/mol. The lowest BCUT2D eigenvalue weighted by Crippen LogP contribution is -2.09. The quantitative estimate of drug-likeness (QED) is 0.173. The highest BCUT2D eigenvalue weighted by molar-refractivity contribution is 6.14. The summed E-state index contributed by atoms with van der Waals surface area (Å²) < 4.78 is 16.2. The van der Waals surface area contributed by atoms with Crippen molar-refractivity contribution in [3.8, 4) is 95.4 Å². The van der Waals surface area contributed by atoms with Gasteiger partial charge in [-0.2, -0.15) is 0 Å². The van der Waals surface area contributed by atoms with Crippen molar-refractivity contribution in [2.75, 3.05) is 0 Å². The highest BCUT2D eigenvalue weighted by Gasteiger charge is 2.39. The summed E-state index contributed by atoms with van der Waals surface area (Å²) in [5.41, 5.74) is 21.1. The van der Waals surface area contributed by atoms with Gasteiger partial charge in [0.2, 0.25) is 0 Å². The zero-order valence-electron chi connectivity index (χ0n) is 34.6. The number of hydrogen-bond acceptors (Lipinski definition) is 2. The molecule has 1 unspecified atom stereocenters. The van der Waals surface area contributed by atoms with E-state index in [9.17, 15) is 0 Å². The topological polar surface area (TPSA) is 23.4 Å². The van der Waals surface area contributed by atoms with Gasteiger partial charge in [0.05, 0.1) is 16.7 Å². The molecule has 0 spiro atoms. The monoisotopic (exact) mass is 815 g/mol. The van der Waals surface area contributed by atoms with Crippen molar-refractivity contribution in [3.63, 3.8) is 0 Å². The SMILES string of the molecule is c1ccc(-c2ccc3c(c2)Oc2cc(-c4ccccc4)cc4c2C3c2ccc(-c3ccc5c(c3)c3cc(-c6ccccc6)cc6c3n5-c3ccc(-c5ccccc5)cc3O6)cc2-4)cc1. The Bertz CT molecular complexity index is 3700. The first kappa shape index (κ1) is 35.2. The van der Waals surface area contributed by atoms with Crippen molar-refractivity contribution in [2.24, 2.45) is 0 Å². The van der Waals surface area contributed by atoms with Crippen LogP contribution in [-0.4, -0.2) is 4.57 Å². The van der Waals surface area contributed by atoms with E-state index in [1.54, 1.807) is 0 Å². The minimum absolute atomic E-state index is 0.0758. The molecule has 10 aromatic carbocycles. The van der Waals surface area contributed by atoms with Crippen molar-refractivity contribution in [3.05, 3.63) is 235 Å². The van der Waals surface area contributed by atoms with Crippen LogP contribution in [0.3, 0.4) is 0 Å². The maximum Gasteiger partial charge on any atom is 0.152 e. The molecule has 0 amide bonds. The van der Waals surface area contributed by atoms with Crippen LogP contribution >= 0.6 is 0 Å². The largest absolute Gasteiger partial charge is 0.457 e. The van der Waals surface area contributed by atoms with Gasteiger partial charge in [-0.3, -0.25) is 0 Å². The standard InChI is InChI=1S/C61H37NO2/c1-5-13-37(14-6-1)43-22-26-48-55(33-43)63-57-35-45(39-17-9-3-10-18-39)31-51-49-29-41(21-25-47(49)59(48)60(51)57)42-23-27-53-50(30-42)52-32-46(40-19-11-4-12-20-40)36-58-61(52)62(53)54-28-24-44(34-56(54)64-58)38-15-7-2-8-16-38/h1-36,59H. The second-order valence-corrected chi connectivity index (χ2v) is 17.2. The molecule has 3 nitrogen and oxygen atoms in total. The van der Waals surface area contributed by atoms with Gasteiger partial charge in [0.15, 0.2) is 11.5 Å². The van der Waals surface area contributed by atoms with E-state index < -0.39 is 0 Å². The van der Waals surface area contributed by atoms with Crippen molar-refractivity contribution >= 4 is 21.8 Å². The molecule has 0 fully saturated rings. The van der Waals surface area contributed by atoms with Gasteiger partial charge in [0.1, 0.15) is 11.5 Å². The van der Waals surface area contributed by atoms with E-state index in [1.807, 2.05) is 0 Å². The van der Waals surface area contributed by atoms with E-state index in [-0.39, 0.29) is 5.92 Å². The van der Waals surface area contributed by atoms with Crippen molar-refractivity contribution in [2.45, 2.75) is 5.92 Å². The molecule has 2 aliphatic heterocycles. The van der Waals surface area contributed by atoms with Gasteiger partial charge >= 0.3 is 0 Å². The van der Waals surface area contributed by atoms with Gasteiger partial charge in [-0.05, 0) is 133 Å². The molecule has 0 bridgehead atoms. The van der Waals surface area contributed by atoms with E-state index in [1.165, 1.54) is 60.8 Å². The van der Waals surface area contributed by atoms with Crippen LogP contribution in [-0.2, 0) is 0 Å². The molecule has 0 saturated carbocycles. The summed E-state index contributed by atoms with van der Waals surface area (Å²) in [6.45, 7) is 0. The minimum atomic E-state index is 0.0758. The molecule has 3 aliphatic rings. The highest BCUT2D eigenvalue weighted by atomic mass is 16.5. The average Bonchev–Trinajstić information content (AvgIpc) is 3.88. The van der Waals surface area contributed by atoms with Crippen LogP contribution in [0.1, 0.15) is 22.6 Å². The van der Waals surface area contributed by atoms with E-state index in [4.69, 9.17) is 9.47 Å². The van der Waals surface area contributed by atoms with Gasteiger partial charge in [0.25, 0.3) is 0 Å². The zero-order chi connectivity index (χ0) is 41.9. The second kappa shape index (κ2) is 13.5. The molecule has 1 atom stereocenters. The number of nitrogens with zero attached hydrogens (tertiary/aromatic N) is 1. The van der Waals surface area contributed by atoms with Crippen molar-refractivity contribution in [1.29, 1.82) is 0 Å². The third-order valence-electron chi connectivity index (χ3n) is 13.6. The van der Waals surface area contributed by atoms with Crippen LogP contribution in [0.25, 0.3) is 94.3 Å². The van der Waals surface area contributed by atoms with Gasteiger partial charge < -0.3 is 14.0 Å². The lowest BCUT2D eigenvalue weighted by molar-refractivity contribution is 0.455. The van der Waals surface area contributed by atoms with E-state index >= 15 is 0 Å². The molecule has 11 aromatic rings. The van der Waals surface area contributed by atoms with E-state index in [0.717, 1.165) is 73.1 Å². The third kappa shape index (κ3) is 5.28. The van der Waals surface area contributed by atoms with Gasteiger partial charge in [-0.1, -0.05) is 158 Å². The lowest BCUT2D eigenvalue weighted by atomic mass is 9.84. The number of rotatable bonds is 5. The molecule has 3 heteroatoms. The Morgan fingerprint density at radius 2 is 0.781 bits per heavy atom. The number of aromatic nitrogens is 1. The van der Waals surface area contributed by atoms with E-state index in [2.05, 4.69) is 223 Å². The molecular formula is C61H37NO2. The summed E-state index contributed by atoms with van der Waals surface area (Å²) in [5.74, 6) is 3.64. The second-order valence-electron chi connectivity index (χ2n) is 17.2. The van der Waals surface area contributed by atoms with Crippen LogP contribution < -0.4 is 9.47 Å². The number of benzene rings is 10. The summed E-state index contributed by atoms with van der Waals surface area (Å²) in [5, 5.41) is 2.36. The summed E-state index contributed by atoms with van der Waals surface area (Å²) in [7, 11) is 0. The molecule has 64 heavy (non-hydrogen) atoms. The van der Waals surface area contributed by atoms with Crippen LogP contribution in [0.4, 0.5) is 0 Å². The Morgan fingerprint density at radius 1 is 0.312 bits per heavy atom. The Labute approximate surface area is 370 Å². The summed E-state index contributed by atoms with van der Waals surface area (Å²) in [4.78, 5) is 0. The lowest BCUT2D eigenvalue weighted by Gasteiger charge is -2.27. The summed E-state index contributed by atoms with van der Waals surface area (Å²) in [6, 6.07) is 79.0. The number of ether oxygens (including phenoxy) is 2. The molecule has 14 rings (SSSR count). The molecule has 1 aliphatic carbocycles. The Morgan fingerprint density at radius 3 is 1.45 bits per heavy atom. The Hall–Kier alpha value is -8.40. The van der Waals surface area contributed by atoms with Crippen LogP contribution in [0, 0.1) is 0 Å². The predicted molar refractivity (Wildman–Crippen MR) is 261 cm³/mol. The van der Waals surface area contributed by atoms with E-state index in [0.29, 0.717) is 0 Å². The number of hydrogen-bond donors (Lipinski definition) is 0. The summed E-state index contributed by atoms with van der Waals surface area (Å²) in [6.07, 6.45) is 0. The fourth-order valence-electron chi connectivity index (χ4n) is 10.6. The molecule has 0 saturated heterocycles.